The van der Waals surface area contributed by atoms with E-state index in [9.17, 15) is 9.18 Å². The molecule has 0 saturated carbocycles. The molecule has 8 heteroatoms. The summed E-state index contributed by atoms with van der Waals surface area (Å²) in [6.45, 7) is 1.83. The molecule has 1 fully saturated rings. The number of H-pyrrole nitrogens is 1. The molecule has 0 bridgehead atoms. The third-order valence-electron chi connectivity index (χ3n) is 4.61. The number of nitrogens with one attached hydrogen (secondary N) is 1. The number of methoxy groups -OCH3 is 1. The summed E-state index contributed by atoms with van der Waals surface area (Å²) < 4.78 is 19.3. The molecule has 1 aliphatic rings. The van der Waals surface area contributed by atoms with Crippen LogP contribution >= 0.6 is 0 Å². The van der Waals surface area contributed by atoms with Crippen molar-refractivity contribution >= 4 is 5.91 Å². The van der Waals surface area contributed by atoms with Crippen LogP contribution in [0.15, 0.2) is 30.5 Å². The molecule has 0 radical (unpaired) electrons. The van der Waals surface area contributed by atoms with Crippen LogP contribution in [-0.2, 0) is 16.1 Å². The first-order chi connectivity index (χ1) is 12.1. The quantitative estimate of drug-likeness (QED) is 0.844. The molecule has 134 valence electrons. The number of nitrogens with zero attached hydrogens (tertiary/aromatic N) is 4. The van der Waals surface area contributed by atoms with Gasteiger partial charge in [-0.1, -0.05) is 18.2 Å². The minimum atomic E-state index is -0.297. The molecule has 0 aliphatic carbocycles. The van der Waals surface area contributed by atoms with Crippen molar-refractivity contribution in [2.75, 3.05) is 33.8 Å². The van der Waals surface area contributed by atoms with E-state index < -0.39 is 0 Å². The van der Waals surface area contributed by atoms with Crippen LogP contribution in [0.3, 0.4) is 0 Å². The zero-order valence-electron chi connectivity index (χ0n) is 14.4. The van der Waals surface area contributed by atoms with Crippen LogP contribution in [0.4, 0.5) is 4.39 Å². The fraction of sp³-hybridized carbons (Fsp3) is 0.471. The molecule has 25 heavy (non-hydrogen) atoms. The predicted octanol–water partition coefficient (Wildman–Crippen LogP) is 1.02. The normalized spacial score (nSPS) is 20.8. The van der Waals surface area contributed by atoms with Gasteiger partial charge < -0.3 is 9.64 Å². The molecule has 2 atom stereocenters. The van der Waals surface area contributed by atoms with Gasteiger partial charge in [-0.05, 0) is 6.07 Å². The molecule has 2 aromatic rings. The summed E-state index contributed by atoms with van der Waals surface area (Å²) in [6.07, 6.45) is 1.65. The number of hydrogen-bond acceptors (Lipinski definition) is 5. The van der Waals surface area contributed by atoms with E-state index >= 15 is 0 Å². The third-order valence-corrected chi connectivity index (χ3v) is 4.61. The van der Waals surface area contributed by atoms with Crippen LogP contribution in [-0.4, -0.2) is 71.0 Å². The van der Waals surface area contributed by atoms with Crippen molar-refractivity contribution in [1.29, 1.82) is 0 Å². The average molecular weight is 347 g/mol. The van der Waals surface area contributed by atoms with Gasteiger partial charge in [0.15, 0.2) is 0 Å². The molecule has 7 nitrogen and oxygen atoms in total. The Bertz CT molecular complexity index is 709. The van der Waals surface area contributed by atoms with Gasteiger partial charge in [0.25, 0.3) is 0 Å². The highest BCUT2D eigenvalue weighted by molar-refractivity contribution is 5.78. The van der Waals surface area contributed by atoms with Gasteiger partial charge in [0, 0.05) is 45.3 Å². The second-order valence-corrected chi connectivity index (χ2v) is 6.31. The summed E-state index contributed by atoms with van der Waals surface area (Å²) >= 11 is 0. The summed E-state index contributed by atoms with van der Waals surface area (Å²) in [5, 5.41) is 10.6. The Morgan fingerprint density at radius 1 is 1.44 bits per heavy atom. The van der Waals surface area contributed by atoms with Crippen molar-refractivity contribution in [1.82, 2.24) is 25.2 Å². The first kappa shape index (κ1) is 17.5. The second kappa shape index (κ2) is 7.71. The summed E-state index contributed by atoms with van der Waals surface area (Å²) in [5.74, 6) is -0.277. The van der Waals surface area contributed by atoms with Crippen LogP contribution in [0, 0.1) is 5.82 Å². The highest BCUT2D eigenvalue weighted by Gasteiger charge is 2.36. The third kappa shape index (κ3) is 4.02. The number of aromatic nitrogens is 3. The highest BCUT2D eigenvalue weighted by Crippen LogP contribution is 2.27. The van der Waals surface area contributed by atoms with E-state index in [-0.39, 0.29) is 36.8 Å². The zero-order valence-corrected chi connectivity index (χ0v) is 14.4. The van der Waals surface area contributed by atoms with Crippen molar-refractivity contribution in [3.05, 3.63) is 47.5 Å². The lowest BCUT2D eigenvalue weighted by Gasteiger charge is -2.21. The van der Waals surface area contributed by atoms with E-state index in [1.165, 1.54) is 6.07 Å². The van der Waals surface area contributed by atoms with Crippen molar-refractivity contribution in [2.45, 2.75) is 18.6 Å². The summed E-state index contributed by atoms with van der Waals surface area (Å²) in [5.41, 5.74) is 1.34. The van der Waals surface area contributed by atoms with Crippen molar-refractivity contribution in [3.63, 3.8) is 0 Å². The molecular weight excluding hydrogens is 325 g/mol. The Kier molecular flexibility index (Phi) is 5.40. The lowest BCUT2D eigenvalue weighted by Crippen LogP contribution is -2.37. The van der Waals surface area contributed by atoms with Crippen LogP contribution < -0.4 is 0 Å². The maximum Gasteiger partial charge on any atom is 0.236 e. The van der Waals surface area contributed by atoms with Gasteiger partial charge in [-0.15, -0.1) is 0 Å². The Labute approximate surface area is 145 Å². The van der Waals surface area contributed by atoms with Gasteiger partial charge in [-0.2, -0.15) is 15.4 Å². The summed E-state index contributed by atoms with van der Waals surface area (Å²) in [7, 11) is 3.35. The van der Waals surface area contributed by atoms with Gasteiger partial charge in [0.05, 0.1) is 24.5 Å². The molecule has 1 amide bonds. The van der Waals surface area contributed by atoms with E-state index in [0.29, 0.717) is 18.7 Å². The molecule has 0 spiro atoms. The maximum absolute atomic E-state index is 13.7. The van der Waals surface area contributed by atoms with Crippen LogP contribution in [0.2, 0.25) is 0 Å². The fourth-order valence-electron chi connectivity index (χ4n) is 3.18. The molecule has 1 N–H and O–H groups in total. The number of aromatic amines is 1. The SMILES string of the molecule is CO[C@@H]1CN(CC(=O)N(C)Cc2ccccc2F)C[C@H]1c1cn[nH]n1. The number of likely N-dealkylation sites (N-methyl/N-ethyl adjacent to an activating group) is 1. The van der Waals surface area contributed by atoms with Crippen molar-refractivity contribution in [2.24, 2.45) is 0 Å². The molecule has 1 saturated heterocycles. The second-order valence-electron chi connectivity index (χ2n) is 6.31. The van der Waals surface area contributed by atoms with Gasteiger partial charge in [-0.25, -0.2) is 4.39 Å². The summed E-state index contributed by atoms with van der Waals surface area (Å²) in [6, 6.07) is 6.50. The number of halogens is 1. The number of carbonyl (C=O) groups is 1. The van der Waals surface area contributed by atoms with Gasteiger partial charge in [-0.3, -0.25) is 9.69 Å². The fourth-order valence-corrected chi connectivity index (χ4v) is 3.18. The van der Waals surface area contributed by atoms with Crippen LogP contribution in [0.1, 0.15) is 17.2 Å². The van der Waals surface area contributed by atoms with Gasteiger partial charge in [0.1, 0.15) is 5.82 Å². The van der Waals surface area contributed by atoms with Gasteiger partial charge >= 0.3 is 0 Å². The summed E-state index contributed by atoms with van der Waals surface area (Å²) in [4.78, 5) is 16.1. The topological polar surface area (TPSA) is 74.3 Å². The predicted molar refractivity (Wildman–Crippen MR) is 89.2 cm³/mol. The molecule has 1 aromatic carbocycles. The number of hydrogen-bond donors (Lipinski definition) is 1. The molecule has 3 rings (SSSR count). The van der Waals surface area contributed by atoms with E-state index in [4.69, 9.17) is 4.74 Å². The molecule has 1 aliphatic heterocycles. The first-order valence-electron chi connectivity index (χ1n) is 8.16. The lowest BCUT2D eigenvalue weighted by atomic mass is 10.0. The molecule has 1 aromatic heterocycles. The number of carbonyl (C=O) groups excluding carboxylic acids is 1. The molecular formula is C17H22FN5O2. The standard InChI is InChI=1S/C17H22FN5O2/c1-22(8-12-5-3-4-6-14(12)18)17(24)11-23-9-13(16(10-23)25-2)15-7-19-21-20-15/h3-7,13,16H,8-11H2,1-2H3,(H,19,20,21)/t13-,16+/m0/s1. The van der Waals surface area contributed by atoms with E-state index in [1.54, 1.807) is 43.5 Å². The average Bonchev–Trinajstić information content (AvgIpc) is 3.25. The number of likely N-dealkylation sites (tertiary alicyclic amines) is 1. The zero-order chi connectivity index (χ0) is 17.8. The minimum absolute atomic E-state index is 0.0326. The van der Waals surface area contributed by atoms with E-state index in [2.05, 4.69) is 15.4 Å². The smallest absolute Gasteiger partial charge is 0.236 e. The van der Waals surface area contributed by atoms with Gasteiger partial charge in [0.2, 0.25) is 5.91 Å². The maximum atomic E-state index is 13.7. The van der Waals surface area contributed by atoms with Crippen molar-refractivity contribution in [3.8, 4) is 0 Å². The monoisotopic (exact) mass is 347 g/mol. The minimum Gasteiger partial charge on any atom is -0.379 e. The highest BCUT2D eigenvalue weighted by atomic mass is 19.1. The largest absolute Gasteiger partial charge is 0.379 e. The van der Waals surface area contributed by atoms with Crippen molar-refractivity contribution < 1.29 is 13.9 Å². The number of ether oxygens (including phenoxy) is 1. The van der Waals surface area contributed by atoms with Crippen LogP contribution in [0.25, 0.3) is 0 Å². The Hall–Kier alpha value is -2.32. The Balaban J connectivity index is 1.58. The number of benzene rings is 1. The van der Waals surface area contributed by atoms with E-state index in [1.807, 2.05) is 4.90 Å². The van der Waals surface area contributed by atoms with Crippen LogP contribution in [0.5, 0.6) is 0 Å². The lowest BCUT2D eigenvalue weighted by molar-refractivity contribution is -0.131. The van der Waals surface area contributed by atoms with E-state index in [0.717, 1.165) is 5.69 Å². The Morgan fingerprint density at radius 2 is 2.24 bits per heavy atom. The number of amides is 1. The molecule has 0 unspecified atom stereocenters. The number of rotatable bonds is 6. The molecule has 2 heterocycles. The Morgan fingerprint density at radius 3 is 2.92 bits per heavy atom. The first-order valence-corrected chi connectivity index (χ1v) is 8.16.